The van der Waals surface area contributed by atoms with Crippen molar-refractivity contribution in [2.24, 2.45) is 0 Å². The Morgan fingerprint density at radius 2 is 2.50 bits per heavy atom. The van der Waals surface area contributed by atoms with Crippen LogP contribution in [0.5, 0.6) is 0 Å². The number of hydrogen-bond acceptors (Lipinski definition) is 4. The fraction of sp³-hybridized carbons (Fsp3) is 0.182. The third kappa shape index (κ3) is 4.05. The number of thioether (sulfide) groups is 1. The molecule has 0 bridgehead atoms. The predicted molar refractivity (Wildman–Crippen MR) is 66.1 cm³/mol. The van der Waals surface area contributed by atoms with Crippen molar-refractivity contribution in [2.75, 3.05) is 5.75 Å². The van der Waals surface area contributed by atoms with Gasteiger partial charge in [-0.1, -0.05) is 35.5 Å². The smallest absolute Gasteiger partial charge is 0.186 e. The van der Waals surface area contributed by atoms with Crippen LogP contribution < -0.4 is 0 Å². The van der Waals surface area contributed by atoms with Gasteiger partial charge in [-0.2, -0.15) is 5.26 Å². The van der Waals surface area contributed by atoms with Gasteiger partial charge in [0.2, 0.25) is 0 Å². The number of aromatic nitrogens is 1. The molecule has 1 heterocycles. The third-order valence-electron chi connectivity index (χ3n) is 1.67. The van der Waals surface area contributed by atoms with Gasteiger partial charge in [0.25, 0.3) is 0 Å². The lowest BCUT2D eigenvalue weighted by Crippen LogP contribution is -1.85. The minimum absolute atomic E-state index is 0.0802. The molecule has 82 valence electrons. The van der Waals surface area contributed by atoms with Crippen molar-refractivity contribution in [1.82, 2.24) is 4.98 Å². The number of hydrogen-bond donors (Lipinski definition) is 0. The molecule has 0 aromatic carbocycles. The highest BCUT2D eigenvalue weighted by molar-refractivity contribution is 8.13. The minimum atomic E-state index is 0.0802. The molecule has 5 heteroatoms. The summed E-state index contributed by atoms with van der Waals surface area (Å²) in [6, 6.07) is 3.61. The van der Waals surface area contributed by atoms with Gasteiger partial charge in [0.1, 0.15) is 11.2 Å². The summed E-state index contributed by atoms with van der Waals surface area (Å²) in [6.45, 7) is 1.52. The quantitative estimate of drug-likeness (QED) is 0.777. The molecule has 0 saturated heterocycles. The van der Waals surface area contributed by atoms with Crippen LogP contribution in [0.2, 0.25) is 5.15 Å². The molecule has 16 heavy (non-hydrogen) atoms. The monoisotopic (exact) mass is 252 g/mol. The summed E-state index contributed by atoms with van der Waals surface area (Å²) >= 11 is 6.92. The van der Waals surface area contributed by atoms with Gasteiger partial charge in [-0.05, 0) is 11.6 Å². The van der Waals surface area contributed by atoms with Crippen LogP contribution >= 0.6 is 23.4 Å². The predicted octanol–water partition coefficient (Wildman–Crippen LogP) is 2.90. The van der Waals surface area contributed by atoms with E-state index >= 15 is 0 Å². The summed E-state index contributed by atoms with van der Waals surface area (Å²) in [5, 5.41) is 9.03. The molecule has 0 N–H and O–H groups in total. The van der Waals surface area contributed by atoms with Gasteiger partial charge in [0.15, 0.2) is 5.12 Å². The number of pyridine rings is 1. The van der Waals surface area contributed by atoms with E-state index in [-0.39, 0.29) is 10.3 Å². The molecule has 0 radical (unpaired) electrons. The van der Waals surface area contributed by atoms with E-state index in [1.807, 2.05) is 12.1 Å². The lowest BCUT2D eigenvalue weighted by molar-refractivity contribution is -0.109. The van der Waals surface area contributed by atoms with E-state index in [1.165, 1.54) is 18.7 Å². The van der Waals surface area contributed by atoms with Crippen LogP contribution in [0, 0.1) is 11.3 Å². The number of rotatable bonds is 3. The lowest BCUT2D eigenvalue weighted by Gasteiger charge is -1.96. The largest absolute Gasteiger partial charge is 0.288 e. The molecule has 0 aliphatic heterocycles. The number of halogens is 1. The highest BCUT2D eigenvalue weighted by atomic mass is 35.5. The van der Waals surface area contributed by atoms with Crippen molar-refractivity contribution < 1.29 is 4.79 Å². The Hall–Kier alpha value is -1.31. The average molecular weight is 253 g/mol. The summed E-state index contributed by atoms with van der Waals surface area (Å²) in [7, 11) is 0. The van der Waals surface area contributed by atoms with Crippen LogP contribution in [0.4, 0.5) is 0 Å². The zero-order valence-electron chi connectivity index (χ0n) is 8.61. The van der Waals surface area contributed by atoms with Crippen molar-refractivity contribution in [3.8, 4) is 6.07 Å². The Bertz CT molecular complexity index is 466. The van der Waals surface area contributed by atoms with E-state index in [9.17, 15) is 4.79 Å². The Labute approximate surface area is 103 Å². The van der Waals surface area contributed by atoms with Crippen molar-refractivity contribution in [3.05, 3.63) is 34.6 Å². The first-order valence-electron chi connectivity index (χ1n) is 4.49. The van der Waals surface area contributed by atoms with Crippen molar-refractivity contribution >= 4 is 34.6 Å². The summed E-state index contributed by atoms with van der Waals surface area (Å²) in [5.74, 6) is 0.611. The Kier molecular flexibility index (Phi) is 5.03. The van der Waals surface area contributed by atoms with Gasteiger partial charge in [-0.3, -0.25) is 4.79 Å². The van der Waals surface area contributed by atoms with Gasteiger partial charge >= 0.3 is 0 Å². The molecule has 0 spiro atoms. The molecule has 0 atom stereocenters. The topological polar surface area (TPSA) is 53.8 Å². The molecule has 0 saturated carbocycles. The SMILES string of the molecule is CC(=O)SCC=Cc1cnc(Cl)c(C#N)c1. The summed E-state index contributed by atoms with van der Waals surface area (Å²) in [6.07, 6.45) is 5.23. The van der Waals surface area contributed by atoms with E-state index in [2.05, 4.69) is 4.98 Å². The van der Waals surface area contributed by atoms with Crippen LogP contribution in [0.25, 0.3) is 6.08 Å². The van der Waals surface area contributed by atoms with Crippen LogP contribution in [0.15, 0.2) is 18.3 Å². The molecule has 3 nitrogen and oxygen atoms in total. The highest BCUT2D eigenvalue weighted by Crippen LogP contribution is 2.14. The maximum Gasteiger partial charge on any atom is 0.186 e. The normalized spacial score (nSPS) is 10.3. The van der Waals surface area contributed by atoms with Crippen LogP contribution in [-0.2, 0) is 4.79 Å². The Morgan fingerprint density at radius 3 is 3.12 bits per heavy atom. The van der Waals surface area contributed by atoms with Gasteiger partial charge < -0.3 is 0 Å². The lowest BCUT2D eigenvalue weighted by atomic mass is 10.2. The second-order valence-corrected chi connectivity index (χ2v) is 4.48. The highest BCUT2D eigenvalue weighted by Gasteiger charge is 2.00. The second kappa shape index (κ2) is 6.31. The molecule has 0 unspecified atom stereocenters. The molecule has 0 aliphatic rings. The summed E-state index contributed by atoms with van der Waals surface area (Å²) in [5.41, 5.74) is 1.15. The van der Waals surface area contributed by atoms with Crippen molar-refractivity contribution in [3.63, 3.8) is 0 Å². The van der Waals surface area contributed by atoms with E-state index in [1.54, 1.807) is 18.3 Å². The molecule has 1 aromatic rings. The first-order chi connectivity index (χ1) is 7.63. The van der Waals surface area contributed by atoms with Crippen LogP contribution in [0.1, 0.15) is 18.1 Å². The van der Waals surface area contributed by atoms with Gasteiger partial charge in [-0.25, -0.2) is 4.98 Å². The number of carbonyl (C=O) groups is 1. The number of carbonyl (C=O) groups excluding carboxylic acids is 1. The maximum absolute atomic E-state index is 10.7. The molecule has 0 fully saturated rings. The van der Waals surface area contributed by atoms with Crippen LogP contribution in [0.3, 0.4) is 0 Å². The van der Waals surface area contributed by atoms with Gasteiger partial charge in [-0.15, -0.1) is 0 Å². The second-order valence-electron chi connectivity index (χ2n) is 2.92. The fourth-order valence-corrected chi connectivity index (χ4v) is 1.56. The van der Waals surface area contributed by atoms with E-state index < -0.39 is 0 Å². The molecule has 1 aromatic heterocycles. The first-order valence-corrected chi connectivity index (χ1v) is 5.85. The molecular weight excluding hydrogens is 244 g/mol. The van der Waals surface area contributed by atoms with Crippen molar-refractivity contribution in [2.45, 2.75) is 6.92 Å². The fourth-order valence-electron chi connectivity index (χ4n) is 0.983. The average Bonchev–Trinajstić information content (AvgIpc) is 2.26. The number of nitriles is 1. The van der Waals surface area contributed by atoms with Gasteiger partial charge in [0, 0.05) is 18.9 Å². The van der Waals surface area contributed by atoms with E-state index in [0.29, 0.717) is 11.3 Å². The molecule has 0 aliphatic carbocycles. The maximum atomic E-state index is 10.7. The summed E-state index contributed by atoms with van der Waals surface area (Å²) < 4.78 is 0. The zero-order chi connectivity index (χ0) is 12.0. The first kappa shape index (κ1) is 12.8. The molecular formula is C11H9ClN2OS. The Morgan fingerprint density at radius 1 is 1.75 bits per heavy atom. The third-order valence-corrected chi connectivity index (χ3v) is 2.74. The van der Waals surface area contributed by atoms with Gasteiger partial charge in [0.05, 0.1) is 5.56 Å². The van der Waals surface area contributed by atoms with Crippen molar-refractivity contribution in [1.29, 1.82) is 5.26 Å². The van der Waals surface area contributed by atoms with E-state index in [0.717, 1.165) is 5.56 Å². The van der Waals surface area contributed by atoms with E-state index in [4.69, 9.17) is 16.9 Å². The summed E-state index contributed by atoms with van der Waals surface area (Å²) in [4.78, 5) is 14.5. The van der Waals surface area contributed by atoms with Crippen LogP contribution in [-0.4, -0.2) is 15.9 Å². The standard InChI is InChI=1S/C11H9ClN2OS/c1-8(15)16-4-2-3-9-5-10(6-13)11(12)14-7-9/h2-3,5,7H,4H2,1H3. The molecule has 0 amide bonds. The Balaban J connectivity index is 2.68. The molecule has 1 rings (SSSR count). The zero-order valence-corrected chi connectivity index (χ0v) is 10.2. The minimum Gasteiger partial charge on any atom is -0.288 e. The number of nitrogens with zero attached hydrogens (tertiary/aromatic N) is 2.